The van der Waals surface area contributed by atoms with Crippen LogP contribution in [0.5, 0.6) is 0 Å². The van der Waals surface area contributed by atoms with Crippen LogP contribution in [-0.2, 0) is 19.1 Å². The Bertz CT molecular complexity index is 1680. The second-order valence-corrected chi connectivity index (χ2v) is 14.6. The molecule has 3 aliphatic rings. The van der Waals surface area contributed by atoms with E-state index in [0.717, 1.165) is 24.8 Å². The van der Waals surface area contributed by atoms with Crippen LogP contribution in [0.2, 0.25) is 0 Å². The average molecular weight is 676 g/mol. The van der Waals surface area contributed by atoms with Crippen molar-refractivity contribution in [2.75, 3.05) is 6.54 Å². The van der Waals surface area contributed by atoms with E-state index in [4.69, 9.17) is 14.9 Å². The summed E-state index contributed by atoms with van der Waals surface area (Å²) in [6.07, 6.45) is 8.64. The van der Waals surface area contributed by atoms with Gasteiger partial charge in [-0.3, -0.25) is 9.59 Å². The van der Waals surface area contributed by atoms with Crippen molar-refractivity contribution in [3.63, 3.8) is 0 Å². The van der Waals surface area contributed by atoms with Crippen molar-refractivity contribution in [3.8, 4) is 22.0 Å². The average Bonchev–Trinajstić information content (AvgIpc) is 3.50. The van der Waals surface area contributed by atoms with Gasteiger partial charge in [0.25, 0.3) is 0 Å². The number of carbonyl (C=O) groups excluding carboxylic acids is 3. The fourth-order valence-corrected chi connectivity index (χ4v) is 7.08. The highest BCUT2D eigenvalue weighted by molar-refractivity contribution is 7.13. The highest BCUT2D eigenvalue weighted by Crippen LogP contribution is 2.45. The minimum Gasteiger partial charge on any atom is -0.479 e. The molecule has 3 N–H and O–H groups in total. The maximum absolute atomic E-state index is 14.4. The highest BCUT2D eigenvalue weighted by atomic mass is 32.1. The number of allylic oxidation sites excluding steroid dienone is 1. The topological polar surface area (TPSA) is 169 Å². The van der Waals surface area contributed by atoms with E-state index in [2.05, 4.69) is 15.6 Å². The van der Waals surface area contributed by atoms with Crippen LogP contribution in [0, 0.1) is 5.92 Å². The van der Waals surface area contributed by atoms with Crippen molar-refractivity contribution in [2.24, 2.45) is 5.92 Å². The van der Waals surface area contributed by atoms with Gasteiger partial charge in [-0.25, -0.2) is 14.6 Å². The number of rotatable bonds is 5. The number of nitrogens with zero attached hydrogens (tertiary/aromatic N) is 5. The molecule has 0 spiro atoms. The lowest BCUT2D eigenvalue weighted by Gasteiger charge is -2.30. The summed E-state index contributed by atoms with van der Waals surface area (Å²) in [5.41, 5.74) is -0.166. The van der Waals surface area contributed by atoms with E-state index in [1.54, 1.807) is 27.0 Å². The number of aromatic nitrogens is 4. The van der Waals surface area contributed by atoms with E-state index in [0.29, 0.717) is 29.2 Å². The smallest absolute Gasteiger partial charge is 0.408 e. The molecule has 1 aromatic carbocycles. The van der Waals surface area contributed by atoms with Crippen molar-refractivity contribution in [1.29, 1.82) is 0 Å². The standard InChI is InChI=1S/C34H41N7O6S/c1-33(2,3)47-32(46)36-24-15-11-6-4-5-10-14-22-19-34(22,31(44)45)37-28(42)25-18-23(20-40(25)30(24)43)41-38-26(21-12-8-7-9-13-21)27(39-41)29-35-16-17-48-29/h7-10,12-14,16-17,22-25H,4-6,11,15,18-20H2,1-3H3,(H,36,46)(H,37,42)(H,44,45)/b14-10-/t22?,23-,24?,25?,34?/m1/s1. The summed E-state index contributed by atoms with van der Waals surface area (Å²) in [5.74, 6) is -2.45. The normalized spacial score (nSPS) is 27.1. The number of hydrogen-bond acceptors (Lipinski definition) is 9. The van der Waals surface area contributed by atoms with Crippen LogP contribution in [0.15, 0.2) is 54.1 Å². The van der Waals surface area contributed by atoms with E-state index in [9.17, 15) is 24.3 Å². The summed E-state index contributed by atoms with van der Waals surface area (Å²) in [7, 11) is 0. The molecule has 13 nitrogen and oxygen atoms in total. The molecule has 2 aromatic heterocycles. The number of carboxylic acid groups (broad SMARTS) is 1. The molecular weight excluding hydrogens is 634 g/mol. The number of thiazole rings is 1. The third-order valence-corrected chi connectivity index (χ3v) is 9.75. The van der Waals surface area contributed by atoms with Crippen LogP contribution in [0.4, 0.5) is 4.79 Å². The Morgan fingerprint density at radius 1 is 1.10 bits per heavy atom. The van der Waals surface area contributed by atoms with Gasteiger partial charge < -0.3 is 25.4 Å². The molecule has 48 heavy (non-hydrogen) atoms. The van der Waals surface area contributed by atoms with Gasteiger partial charge in [0.1, 0.15) is 39.6 Å². The Morgan fingerprint density at radius 2 is 1.88 bits per heavy atom. The summed E-state index contributed by atoms with van der Waals surface area (Å²) < 4.78 is 5.49. The molecule has 1 aliphatic carbocycles. The third kappa shape index (κ3) is 7.13. The van der Waals surface area contributed by atoms with E-state index < -0.39 is 53.1 Å². The first kappa shape index (κ1) is 33.3. The van der Waals surface area contributed by atoms with Crippen LogP contribution in [0.3, 0.4) is 0 Å². The molecule has 2 fully saturated rings. The second kappa shape index (κ2) is 13.5. The molecule has 4 unspecified atom stereocenters. The van der Waals surface area contributed by atoms with Crippen LogP contribution in [0.1, 0.15) is 71.8 Å². The van der Waals surface area contributed by atoms with Crippen molar-refractivity contribution >= 4 is 35.2 Å². The lowest BCUT2D eigenvalue weighted by Crippen LogP contribution is -2.56. The molecule has 2 aliphatic heterocycles. The molecular formula is C34H41N7O6S. The number of alkyl carbamates (subject to hydrolysis) is 1. The second-order valence-electron chi connectivity index (χ2n) is 13.7. The van der Waals surface area contributed by atoms with E-state index >= 15 is 0 Å². The van der Waals surface area contributed by atoms with Gasteiger partial charge in [-0.05, 0) is 46.5 Å². The Balaban J connectivity index is 1.35. The number of amides is 3. The first-order valence-corrected chi connectivity index (χ1v) is 17.3. The number of aliphatic carboxylic acids is 1. The molecule has 0 bridgehead atoms. The van der Waals surface area contributed by atoms with Crippen LogP contribution in [0.25, 0.3) is 22.0 Å². The first-order valence-electron chi connectivity index (χ1n) is 16.4. The molecule has 1 saturated carbocycles. The Labute approximate surface area is 282 Å². The van der Waals surface area contributed by atoms with Gasteiger partial charge in [-0.1, -0.05) is 55.3 Å². The zero-order valence-electron chi connectivity index (χ0n) is 27.3. The lowest BCUT2D eigenvalue weighted by atomic mass is 10.0. The van der Waals surface area contributed by atoms with Crippen LogP contribution >= 0.6 is 11.3 Å². The van der Waals surface area contributed by atoms with Gasteiger partial charge >= 0.3 is 12.1 Å². The van der Waals surface area contributed by atoms with Gasteiger partial charge in [0.15, 0.2) is 0 Å². The minimum atomic E-state index is -1.43. The van der Waals surface area contributed by atoms with Gasteiger partial charge in [-0.15, -0.1) is 16.4 Å². The fourth-order valence-electron chi connectivity index (χ4n) is 6.46. The number of ether oxygens (including phenoxy) is 1. The van der Waals surface area contributed by atoms with Crippen molar-refractivity contribution in [3.05, 3.63) is 54.1 Å². The zero-order valence-corrected chi connectivity index (χ0v) is 28.1. The Hall–Kier alpha value is -4.59. The maximum Gasteiger partial charge on any atom is 0.408 e. The SMILES string of the molecule is CC(C)(C)OC(=O)NC1CCCCC/C=C\C2CC2(C(=O)O)NC(=O)C2C[C@@H](n3nc(-c4ccccc4)c(-c4nccs4)n3)CN2C1=O. The van der Waals surface area contributed by atoms with Gasteiger partial charge in [0, 0.05) is 36.0 Å². The molecule has 5 atom stereocenters. The molecule has 1 saturated heterocycles. The minimum absolute atomic E-state index is 0.0764. The van der Waals surface area contributed by atoms with Gasteiger partial charge in [0.05, 0.1) is 6.04 Å². The molecule has 14 heteroatoms. The molecule has 3 amide bonds. The van der Waals surface area contributed by atoms with Crippen LogP contribution in [-0.4, -0.2) is 83.6 Å². The zero-order chi connectivity index (χ0) is 34.1. The van der Waals surface area contributed by atoms with Crippen LogP contribution < -0.4 is 10.6 Å². The Kier molecular flexibility index (Phi) is 9.37. The summed E-state index contributed by atoms with van der Waals surface area (Å²) in [4.78, 5) is 61.2. The molecule has 0 radical (unpaired) electrons. The number of carbonyl (C=O) groups is 4. The molecule has 4 heterocycles. The van der Waals surface area contributed by atoms with Crippen molar-refractivity contribution in [2.45, 2.75) is 95.0 Å². The predicted molar refractivity (Wildman–Crippen MR) is 178 cm³/mol. The summed E-state index contributed by atoms with van der Waals surface area (Å²) in [5, 5.41) is 28.0. The van der Waals surface area contributed by atoms with Crippen molar-refractivity contribution in [1.82, 2.24) is 35.5 Å². The summed E-state index contributed by atoms with van der Waals surface area (Å²) >= 11 is 1.43. The predicted octanol–water partition coefficient (Wildman–Crippen LogP) is 4.58. The Morgan fingerprint density at radius 3 is 2.58 bits per heavy atom. The number of carboxylic acids is 1. The first-order chi connectivity index (χ1) is 22.9. The number of hydrogen-bond donors (Lipinski definition) is 3. The molecule has 254 valence electrons. The van der Waals surface area contributed by atoms with Gasteiger partial charge in [-0.2, -0.15) is 9.90 Å². The fraction of sp³-hybridized carbons (Fsp3) is 0.500. The van der Waals surface area contributed by atoms with E-state index in [1.807, 2.05) is 47.9 Å². The molecule has 6 rings (SSSR count). The third-order valence-electron chi connectivity index (χ3n) is 8.97. The maximum atomic E-state index is 14.4. The lowest BCUT2D eigenvalue weighted by molar-refractivity contribution is -0.145. The number of benzene rings is 1. The van der Waals surface area contributed by atoms with E-state index in [1.165, 1.54) is 21.0 Å². The van der Waals surface area contributed by atoms with E-state index in [-0.39, 0.29) is 25.3 Å². The number of nitrogens with one attached hydrogen (secondary N) is 2. The van der Waals surface area contributed by atoms with Crippen molar-refractivity contribution < 1.29 is 29.0 Å². The quantitative estimate of drug-likeness (QED) is 0.328. The summed E-state index contributed by atoms with van der Waals surface area (Å²) in [6.45, 7) is 5.31. The largest absolute Gasteiger partial charge is 0.479 e. The summed E-state index contributed by atoms with van der Waals surface area (Å²) in [6, 6.07) is 7.10. The monoisotopic (exact) mass is 675 g/mol. The van der Waals surface area contributed by atoms with Gasteiger partial charge in [0.2, 0.25) is 11.8 Å². The molecule has 3 aromatic rings. The number of fused-ring (bicyclic) bond motifs is 2. The highest BCUT2D eigenvalue weighted by Gasteiger charge is 2.61.